The summed E-state index contributed by atoms with van der Waals surface area (Å²) < 4.78 is 5.39. The van der Waals surface area contributed by atoms with Crippen LogP contribution in [0.5, 0.6) is 0 Å². The molecule has 0 spiro atoms. The third-order valence-electron chi connectivity index (χ3n) is 2.97. The molecule has 5 nitrogen and oxygen atoms in total. The van der Waals surface area contributed by atoms with Gasteiger partial charge in [0.1, 0.15) is 0 Å². The van der Waals surface area contributed by atoms with Crippen LogP contribution in [0.2, 0.25) is 5.02 Å². The number of carbonyl (C=O) groups is 2. The molecule has 1 aromatic rings. The van der Waals surface area contributed by atoms with Crippen molar-refractivity contribution in [1.82, 2.24) is 5.32 Å². The zero-order chi connectivity index (χ0) is 13.8. The van der Waals surface area contributed by atoms with Crippen LogP contribution in [-0.4, -0.2) is 36.2 Å². The molecule has 0 radical (unpaired) electrons. The molecule has 1 heterocycles. The van der Waals surface area contributed by atoms with Crippen LogP contribution in [0.15, 0.2) is 18.2 Å². The molecule has 6 heteroatoms. The number of hydrogen-bond donors (Lipinski definition) is 2. The molecule has 0 saturated carbocycles. The number of rotatable bonds is 4. The lowest BCUT2D eigenvalue weighted by Gasteiger charge is -2.11. The van der Waals surface area contributed by atoms with Crippen molar-refractivity contribution in [2.75, 3.05) is 13.2 Å². The number of aromatic carboxylic acids is 1. The van der Waals surface area contributed by atoms with Crippen molar-refractivity contribution in [2.45, 2.75) is 18.9 Å². The second-order valence-electron chi connectivity index (χ2n) is 4.34. The van der Waals surface area contributed by atoms with Crippen molar-refractivity contribution in [3.63, 3.8) is 0 Å². The van der Waals surface area contributed by atoms with E-state index in [0.717, 1.165) is 19.4 Å². The van der Waals surface area contributed by atoms with Gasteiger partial charge in [0.25, 0.3) is 5.91 Å². The zero-order valence-corrected chi connectivity index (χ0v) is 10.9. The Kier molecular flexibility index (Phi) is 4.39. The van der Waals surface area contributed by atoms with Crippen LogP contribution in [0.1, 0.15) is 33.6 Å². The Balaban J connectivity index is 2.02. The number of nitrogens with one attached hydrogen (secondary N) is 1. The standard InChI is InChI=1S/C13H14ClNO4/c14-11-4-3-8(6-10(11)13(17)18)12(16)15-7-9-2-1-5-19-9/h3-4,6,9H,1-2,5,7H2,(H,15,16)(H,17,18). The summed E-state index contributed by atoms with van der Waals surface area (Å²) >= 11 is 5.74. The first-order valence-corrected chi connectivity index (χ1v) is 6.38. The Morgan fingerprint density at radius 3 is 2.89 bits per heavy atom. The Bertz CT molecular complexity index is 497. The lowest BCUT2D eigenvalue weighted by atomic mass is 10.1. The summed E-state index contributed by atoms with van der Waals surface area (Å²) in [6.07, 6.45) is 1.99. The van der Waals surface area contributed by atoms with Crippen LogP contribution in [0.3, 0.4) is 0 Å². The van der Waals surface area contributed by atoms with E-state index >= 15 is 0 Å². The first-order valence-electron chi connectivity index (χ1n) is 6.00. The fourth-order valence-electron chi connectivity index (χ4n) is 1.94. The Morgan fingerprint density at radius 1 is 1.47 bits per heavy atom. The molecule has 1 atom stereocenters. The summed E-state index contributed by atoms with van der Waals surface area (Å²) in [5.74, 6) is -1.48. The highest BCUT2D eigenvalue weighted by molar-refractivity contribution is 6.33. The number of benzene rings is 1. The van der Waals surface area contributed by atoms with E-state index in [2.05, 4.69) is 5.32 Å². The normalized spacial score (nSPS) is 18.3. The van der Waals surface area contributed by atoms with Crippen LogP contribution in [-0.2, 0) is 4.74 Å². The number of carboxylic acids is 1. The first kappa shape index (κ1) is 13.8. The summed E-state index contributed by atoms with van der Waals surface area (Å²) in [5, 5.41) is 11.8. The van der Waals surface area contributed by atoms with E-state index in [-0.39, 0.29) is 28.2 Å². The summed E-state index contributed by atoms with van der Waals surface area (Å²) in [6, 6.07) is 4.18. The summed E-state index contributed by atoms with van der Waals surface area (Å²) in [7, 11) is 0. The molecule has 1 amide bonds. The monoisotopic (exact) mass is 283 g/mol. The fourth-order valence-corrected chi connectivity index (χ4v) is 2.14. The van der Waals surface area contributed by atoms with Crippen molar-refractivity contribution in [1.29, 1.82) is 0 Å². The van der Waals surface area contributed by atoms with Crippen molar-refractivity contribution in [3.05, 3.63) is 34.3 Å². The molecule has 2 rings (SSSR count). The second-order valence-corrected chi connectivity index (χ2v) is 4.75. The third-order valence-corrected chi connectivity index (χ3v) is 3.30. The van der Waals surface area contributed by atoms with Gasteiger partial charge in [-0.2, -0.15) is 0 Å². The number of hydrogen-bond acceptors (Lipinski definition) is 3. The van der Waals surface area contributed by atoms with Crippen molar-refractivity contribution < 1.29 is 19.4 Å². The van der Waals surface area contributed by atoms with Crippen LogP contribution in [0.25, 0.3) is 0 Å². The smallest absolute Gasteiger partial charge is 0.337 e. The molecular formula is C13H14ClNO4. The topological polar surface area (TPSA) is 75.6 Å². The summed E-state index contributed by atoms with van der Waals surface area (Å²) in [4.78, 5) is 22.8. The molecule has 2 N–H and O–H groups in total. The van der Waals surface area contributed by atoms with E-state index in [4.69, 9.17) is 21.4 Å². The third kappa shape index (κ3) is 3.45. The highest BCUT2D eigenvalue weighted by Gasteiger charge is 2.18. The molecular weight excluding hydrogens is 270 g/mol. The largest absolute Gasteiger partial charge is 0.478 e. The van der Waals surface area contributed by atoms with Gasteiger partial charge in [0.15, 0.2) is 0 Å². The SMILES string of the molecule is O=C(NCC1CCCO1)c1ccc(Cl)c(C(=O)O)c1. The van der Waals surface area contributed by atoms with Crippen LogP contribution in [0.4, 0.5) is 0 Å². The Labute approximate surface area is 115 Å². The maximum atomic E-state index is 11.9. The average Bonchev–Trinajstić information content (AvgIpc) is 2.89. The Hall–Kier alpha value is -1.59. The minimum Gasteiger partial charge on any atom is -0.478 e. The number of carbonyl (C=O) groups excluding carboxylic acids is 1. The van der Waals surface area contributed by atoms with Gasteiger partial charge in [0.2, 0.25) is 0 Å². The van der Waals surface area contributed by atoms with Crippen molar-refractivity contribution >= 4 is 23.5 Å². The summed E-state index contributed by atoms with van der Waals surface area (Å²) in [6.45, 7) is 1.16. The van der Waals surface area contributed by atoms with E-state index in [1.165, 1.54) is 18.2 Å². The molecule has 1 aromatic carbocycles. The highest BCUT2D eigenvalue weighted by atomic mass is 35.5. The molecule has 0 bridgehead atoms. The van der Waals surface area contributed by atoms with Crippen molar-refractivity contribution in [2.24, 2.45) is 0 Å². The first-order chi connectivity index (χ1) is 9.08. The van der Waals surface area contributed by atoms with Gasteiger partial charge in [0.05, 0.1) is 16.7 Å². The van der Waals surface area contributed by atoms with Crippen molar-refractivity contribution in [3.8, 4) is 0 Å². The number of ether oxygens (including phenoxy) is 1. The fraction of sp³-hybridized carbons (Fsp3) is 0.385. The zero-order valence-electron chi connectivity index (χ0n) is 10.2. The van der Waals surface area contributed by atoms with Gasteiger partial charge in [0, 0.05) is 18.7 Å². The van der Waals surface area contributed by atoms with E-state index in [1.807, 2.05) is 0 Å². The van der Waals surface area contributed by atoms with Crippen LogP contribution in [0, 0.1) is 0 Å². The minimum atomic E-state index is -1.15. The van der Waals surface area contributed by atoms with Gasteiger partial charge < -0.3 is 15.2 Å². The quantitative estimate of drug-likeness (QED) is 0.885. The van der Waals surface area contributed by atoms with Gasteiger partial charge in [-0.1, -0.05) is 11.6 Å². The molecule has 19 heavy (non-hydrogen) atoms. The van der Waals surface area contributed by atoms with Crippen LogP contribution >= 0.6 is 11.6 Å². The molecule has 1 unspecified atom stereocenters. The van der Waals surface area contributed by atoms with Gasteiger partial charge in [-0.05, 0) is 31.0 Å². The summed E-state index contributed by atoms with van der Waals surface area (Å²) in [5.41, 5.74) is 0.200. The highest BCUT2D eigenvalue weighted by Crippen LogP contribution is 2.18. The van der Waals surface area contributed by atoms with Crippen LogP contribution < -0.4 is 5.32 Å². The lowest BCUT2D eigenvalue weighted by Crippen LogP contribution is -2.31. The molecule has 0 aromatic heterocycles. The molecule has 1 aliphatic rings. The van der Waals surface area contributed by atoms with Gasteiger partial charge in [-0.15, -0.1) is 0 Å². The van der Waals surface area contributed by atoms with E-state index in [0.29, 0.717) is 6.54 Å². The minimum absolute atomic E-state index is 0.0511. The maximum Gasteiger partial charge on any atom is 0.337 e. The van der Waals surface area contributed by atoms with E-state index in [1.54, 1.807) is 0 Å². The van der Waals surface area contributed by atoms with Gasteiger partial charge in [-0.25, -0.2) is 4.79 Å². The van der Waals surface area contributed by atoms with Gasteiger partial charge >= 0.3 is 5.97 Å². The Morgan fingerprint density at radius 2 is 2.26 bits per heavy atom. The van der Waals surface area contributed by atoms with E-state index < -0.39 is 5.97 Å². The predicted octanol–water partition coefficient (Wildman–Crippen LogP) is 1.95. The maximum absolute atomic E-state index is 11.9. The van der Waals surface area contributed by atoms with E-state index in [9.17, 15) is 9.59 Å². The number of halogens is 1. The molecule has 102 valence electrons. The number of amides is 1. The number of carboxylic acid groups (broad SMARTS) is 1. The van der Waals surface area contributed by atoms with Gasteiger partial charge in [-0.3, -0.25) is 4.79 Å². The molecule has 1 aliphatic heterocycles. The lowest BCUT2D eigenvalue weighted by molar-refractivity contribution is 0.0697. The molecule has 0 aliphatic carbocycles. The second kappa shape index (κ2) is 6.04. The average molecular weight is 284 g/mol. The predicted molar refractivity (Wildman–Crippen MR) is 69.7 cm³/mol. The molecule has 1 saturated heterocycles. The molecule has 1 fully saturated rings.